The van der Waals surface area contributed by atoms with E-state index in [2.05, 4.69) is 5.32 Å². The van der Waals surface area contributed by atoms with Gasteiger partial charge in [0.25, 0.3) is 0 Å². The zero-order chi connectivity index (χ0) is 21.2. The maximum absolute atomic E-state index is 13.0. The number of nitrogens with one attached hydrogen (secondary N) is 1. The Bertz CT molecular complexity index is 798. The fourth-order valence-electron chi connectivity index (χ4n) is 2.94. The predicted molar refractivity (Wildman–Crippen MR) is 122 cm³/mol. The molecule has 0 radical (unpaired) electrons. The molecule has 0 aromatic heterocycles. The van der Waals surface area contributed by atoms with E-state index in [1.165, 1.54) is 11.8 Å². The van der Waals surface area contributed by atoms with Crippen molar-refractivity contribution in [2.24, 2.45) is 0 Å². The number of carbonyl (C=O) groups excluding carboxylic acids is 2. The van der Waals surface area contributed by atoms with E-state index in [0.29, 0.717) is 29.5 Å². The Labute approximate surface area is 183 Å². The number of halogens is 1. The first kappa shape index (κ1) is 23.3. The zero-order valence-electron chi connectivity index (χ0n) is 17.2. The van der Waals surface area contributed by atoms with Crippen molar-refractivity contribution in [3.05, 3.63) is 70.7 Å². The predicted octanol–water partition coefficient (Wildman–Crippen LogP) is 4.56. The van der Waals surface area contributed by atoms with Crippen LogP contribution < -0.4 is 5.32 Å². The van der Waals surface area contributed by atoms with Gasteiger partial charge in [-0.15, -0.1) is 11.8 Å². The van der Waals surface area contributed by atoms with Gasteiger partial charge >= 0.3 is 0 Å². The molecule has 0 spiro atoms. The molecule has 2 amide bonds. The Morgan fingerprint density at radius 3 is 2.38 bits per heavy atom. The van der Waals surface area contributed by atoms with Crippen LogP contribution in [-0.2, 0) is 21.8 Å². The Kier molecular flexibility index (Phi) is 9.55. The summed E-state index contributed by atoms with van der Waals surface area (Å²) < 4.78 is 0. The second-order valence-corrected chi connectivity index (χ2v) is 8.71. The highest BCUT2D eigenvalue weighted by molar-refractivity contribution is 7.99. The summed E-state index contributed by atoms with van der Waals surface area (Å²) in [6.45, 7) is 6.14. The summed E-state index contributed by atoms with van der Waals surface area (Å²) >= 11 is 7.56. The highest BCUT2D eigenvalue weighted by Crippen LogP contribution is 2.18. The number of thioether (sulfide) groups is 1. The van der Waals surface area contributed by atoms with Gasteiger partial charge in [-0.3, -0.25) is 9.59 Å². The molecule has 0 saturated carbocycles. The Morgan fingerprint density at radius 1 is 1.03 bits per heavy atom. The molecule has 0 aliphatic heterocycles. The Hall–Kier alpha value is -1.98. The summed E-state index contributed by atoms with van der Waals surface area (Å²) in [5, 5.41) is 3.60. The van der Waals surface area contributed by atoms with Crippen LogP contribution in [0.25, 0.3) is 0 Å². The van der Waals surface area contributed by atoms with Gasteiger partial charge < -0.3 is 10.2 Å². The number of nitrogens with zero attached hydrogens (tertiary/aromatic N) is 1. The SMILES string of the molecule is CC(C)NC(=O)C(C)N(CCc1ccccc1)C(=O)CSCc1cccc(Cl)c1. The van der Waals surface area contributed by atoms with Gasteiger partial charge in [-0.25, -0.2) is 0 Å². The van der Waals surface area contributed by atoms with E-state index in [1.807, 2.05) is 68.4 Å². The maximum atomic E-state index is 13.0. The van der Waals surface area contributed by atoms with Crippen molar-refractivity contribution in [2.75, 3.05) is 12.3 Å². The van der Waals surface area contributed by atoms with Crippen molar-refractivity contribution < 1.29 is 9.59 Å². The lowest BCUT2D eigenvalue weighted by atomic mass is 10.1. The van der Waals surface area contributed by atoms with Crippen LogP contribution >= 0.6 is 23.4 Å². The van der Waals surface area contributed by atoms with E-state index in [1.54, 1.807) is 11.8 Å². The fourth-order valence-corrected chi connectivity index (χ4v) is 4.01. The number of carbonyl (C=O) groups is 2. The van der Waals surface area contributed by atoms with Gasteiger partial charge in [0.2, 0.25) is 11.8 Å². The molecule has 0 aliphatic carbocycles. The molecule has 2 aromatic rings. The third kappa shape index (κ3) is 8.11. The third-order valence-corrected chi connectivity index (χ3v) is 5.69. The molecular weight excluding hydrogens is 404 g/mol. The first-order valence-electron chi connectivity index (χ1n) is 9.82. The smallest absolute Gasteiger partial charge is 0.242 e. The second-order valence-electron chi connectivity index (χ2n) is 7.28. The van der Waals surface area contributed by atoms with E-state index in [9.17, 15) is 9.59 Å². The molecule has 1 atom stereocenters. The van der Waals surface area contributed by atoms with Crippen LogP contribution in [0.15, 0.2) is 54.6 Å². The number of hydrogen-bond acceptors (Lipinski definition) is 3. The van der Waals surface area contributed by atoms with E-state index in [4.69, 9.17) is 11.6 Å². The summed E-state index contributed by atoms with van der Waals surface area (Å²) in [6, 6.07) is 17.2. The third-order valence-electron chi connectivity index (χ3n) is 4.47. The van der Waals surface area contributed by atoms with Crippen molar-refractivity contribution in [2.45, 2.75) is 45.0 Å². The average molecular weight is 433 g/mol. The van der Waals surface area contributed by atoms with Gasteiger partial charge in [0.05, 0.1) is 5.75 Å². The summed E-state index contributed by atoms with van der Waals surface area (Å²) in [5.41, 5.74) is 2.23. The number of hydrogen-bond donors (Lipinski definition) is 1. The lowest BCUT2D eigenvalue weighted by molar-refractivity contribution is -0.138. The first-order valence-corrected chi connectivity index (χ1v) is 11.4. The van der Waals surface area contributed by atoms with Gasteiger partial charge in [0.15, 0.2) is 0 Å². The standard InChI is InChI=1S/C23H29ClN2O2S/c1-17(2)25-23(28)18(3)26(13-12-19-8-5-4-6-9-19)22(27)16-29-15-20-10-7-11-21(24)14-20/h4-11,14,17-18H,12-13,15-16H2,1-3H3,(H,25,28). The fraction of sp³-hybridized carbons (Fsp3) is 0.391. The number of rotatable bonds is 10. The molecule has 29 heavy (non-hydrogen) atoms. The Morgan fingerprint density at radius 2 is 1.72 bits per heavy atom. The molecule has 156 valence electrons. The van der Waals surface area contributed by atoms with E-state index >= 15 is 0 Å². The zero-order valence-corrected chi connectivity index (χ0v) is 18.8. The first-order chi connectivity index (χ1) is 13.9. The molecule has 1 N–H and O–H groups in total. The lowest BCUT2D eigenvalue weighted by Gasteiger charge is -2.29. The molecule has 2 rings (SSSR count). The monoisotopic (exact) mass is 432 g/mol. The minimum absolute atomic E-state index is 0.0284. The van der Waals surface area contributed by atoms with Gasteiger partial charge in [-0.2, -0.15) is 0 Å². The van der Waals surface area contributed by atoms with Crippen LogP contribution in [0.1, 0.15) is 31.9 Å². The number of benzene rings is 2. The van der Waals surface area contributed by atoms with Gasteiger partial charge in [-0.05, 0) is 50.5 Å². The molecule has 0 fully saturated rings. The highest BCUT2D eigenvalue weighted by atomic mass is 35.5. The van der Waals surface area contributed by atoms with Crippen molar-refractivity contribution in [3.8, 4) is 0 Å². The van der Waals surface area contributed by atoms with Gasteiger partial charge in [0.1, 0.15) is 6.04 Å². The molecule has 0 heterocycles. The Balaban J connectivity index is 1.99. The minimum Gasteiger partial charge on any atom is -0.352 e. The van der Waals surface area contributed by atoms with Crippen LogP contribution in [-0.4, -0.2) is 41.1 Å². The largest absolute Gasteiger partial charge is 0.352 e. The van der Waals surface area contributed by atoms with Crippen LogP contribution in [0.4, 0.5) is 0 Å². The summed E-state index contributed by atoms with van der Waals surface area (Å²) in [7, 11) is 0. The van der Waals surface area contributed by atoms with Crippen LogP contribution in [0, 0.1) is 0 Å². The number of amides is 2. The van der Waals surface area contributed by atoms with Crippen molar-refractivity contribution in [1.29, 1.82) is 0 Å². The molecular formula is C23H29ClN2O2S. The van der Waals surface area contributed by atoms with E-state index in [-0.39, 0.29) is 17.9 Å². The van der Waals surface area contributed by atoms with Crippen molar-refractivity contribution >= 4 is 35.2 Å². The molecule has 1 unspecified atom stereocenters. The lowest BCUT2D eigenvalue weighted by Crippen LogP contribution is -2.50. The van der Waals surface area contributed by atoms with Gasteiger partial charge in [-0.1, -0.05) is 54.1 Å². The average Bonchev–Trinajstić information content (AvgIpc) is 2.68. The van der Waals surface area contributed by atoms with Crippen molar-refractivity contribution in [1.82, 2.24) is 10.2 Å². The molecule has 0 aliphatic rings. The van der Waals surface area contributed by atoms with Crippen LogP contribution in [0.2, 0.25) is 5.02 Å². The van der Waals surface area contributed by atoms with Crippen molar-refractivity contribution in [3.63, 3.8) is 0 Å². The normalized spacial score (nSPS) is 11.9. The van der Waals surface area contributed by atoms with Crippen LogP contribution in [0.3, 0.4) is 0 Å². The summed E-state index contributed by atoms with van der Waals surface area (Å²) in [5.74, 6) is 0.868. The molecule has 0 saturated heterocycles. The summed E-state index contributed by atoms with van der Waals surface area (Å²) in [4.78, 5) is 27.2. The van der Waals surface area contributed by atoms with E-state index in [0.717, 1.165) is 11.1 Å². The molecule has 2 aromatic carbocycles. The topological polar surface area (TPSA) is 49.4 Å². The highest BCUT2D eigenvalue weighted by Gasteiger charge is 2.25. The van der Waals surface area contributed by atoms with Crippen LogP contribution in [0.5, 0.6) is 0 Å². The van der Waals surface area contributed by atoms with E-state index < -0.39 is 6.04 Å². The van der Waals surface area contributed by atoms with Gasteiger partial charge in [0, 0.05) is 23.4 Å². The minimum atomic E-state index is -0.514. The maximum Gasteiger partial charge on any atom is 0.242 e. The molecule has 0 bridgehead atoms. The summed E-state index contributed by atoms with van der Waals surface area (Å²) in [6.07, 6.45) is 0.713. The molecule has 6 heteroatoms. The molecule has 4 nitrogen and oxygen atoms in total. The second kappa shape index (κ2) is 11.9. The quantitative estimate of drug-likeness (QED) is 0.598.